The average Bonchev–Trinajstić information content (AvgIpc) is 3.06. The quantitative estimate of drug-likeness (QED) is 0.797. The van der Waals surface area contributed by atoms with Gasteiger partial charge in [-0.05, 0) is 17.9 Å². The summed E-state index contributed by atoms with van der Waals surface area (Å²) < 4.78 is 10.8. The second-order valence-corrected chi connectivity index (χ2v) is 7.29. The molecule has 6 nitrogen and oxygen atoms in total. The summed E-state index contributed by atoms with van der Waals surface area (Å²) in [7, 11) is 0. The Morgan fingerprint density at radius 1 is 1.48 bits per heavy atom. The van der Waals surface area contributed by atoms with E-state index >= 15 is 0 Å². The summed E-state index contributed by atoms with van der Waals surface area (Å²) in [4.78, 5) is 12.9. The molecule has 25 heavy (non-hydrogen) atoms. The van der Waals surface area contributed by atoms with Crippen molar-refractivity contribution in [2.24, 2.45) is 11.1 Å². The molecule has 1 aromatic rings. The van der Waals surface area contributed by atoms with Crippen LogP contribution in [0.15, 0.2) is 45.6 Å². The van der Waals surface area contributed by atoms with Gasteiger partial charge in [0.2, 0.25) is 0 Å². The first-order valence-electron chi connectivity index (χ1n) is 8.43. The van der Waals surface area contributed by atoms with Crippen LogP contribution in [0, 0.1) is 16.7 Å². The molecule has 3 N–H and O–H groups in total. The first kappa shape index (κ1) is 17.5. The molecule has 2 heterocycles. The third-order valence-electron chi connectivity index (χ3n) is 4.63. The number of ether oxygens (including phenoxy) is 1. The lowest BCUT2D eigenvalue weighted by Gasteiger charge is -2.38. The molecule has 1 aromatic heterocycles. The number of carbonyl (C=O) groups is 1. The molecule has 2 aliphatic rings. The standard InChI is InChI=1S/C19H23N3O3/c1-19(2)7-14-18(16(23)8-19)17(12-3-5-24-10-12)13(9-21)15(22-14)11-25-6-4-20/h3,5,10,17,22H,4,6-8,11,20H2,1-2H3. The van der Waals surface area contributed by atoms with E-state index in [0.29, 0.717) is 36.4 Å². The molecule has 0 bridgehead atoms. The Morgan fingerprint density at radius 2 is 2.28 bits per heavy atom. The third kappa shape index (κ3) is 3.39. The van der Waals surface area contributed by atoms with Crippen molar-refractivity contribution in [3.05, 3.63) is 46.7 Å². The van der Waals surface area contributed by atoms with Crippen LogP contribution in [-0.2, 0) is 9.53 Å². The third-order valence-corrected chi connectivity index (χ3v) is 4.63. The van der Waals surface area contributed by atoms with Crippen LogP contribution in [0.2, 0.25) is 0 Å². The number of nitrogens with zero attached hydrogens (tertiary/aromatic N) is 1. The highest BCUT2D eigenvalue weighted by molar-refractivity contribution is 6.00. The van der Waals surface area contributed by atoms with Crippen molar-refractivity contribution in [1.82, 2.24) is 5.32 Å². The van der Waals surface area contributed by atoms with E-state index in [4.69, 9.17) is 14.9 Å². The predicted octanol–water partition coefficient (Wildman–Crippen LogP) is 2.36. The van der Waals surface area contributed by atoms with Crippen molar-refractivity contribution in [2.75, 3.05) is 19.8 Å². The molecule has 0 aromatic carbocycles. The number of allylic oxidation sites excluding steroid dienone is 3. The second kappa shape index (κ2) is 6.87. The van der Waals surface area contributed by atoms with Crippen molar-refractivity contribution < 1.29 is 13.9 Å². The van der Waals surface area contributed by atoms with Crippen LogP contribution in [0.5, 0.6) is 0 Å². The maximum atomic E-state index is 12.9. The summed E-state index contributed by atoms with van der Waals surface area (Å²) in [5, 5.41) is 13.1. The van der Waals surface area contributed by atoms with Crippen LogP contribution in [0.3, 0.4) is 0 Å². The van der Waals surface area contributed by atoms with Crippen LogP contribution >= 0.6 is 0 Å². The van der Waals surface area contributed by atoms with E-state index in [0.717, 1.165) is 17.7 Å². The number of nitrogens with one attached hydrogen (secondary N) is 1. The summed E-state index contributed by atoms with van der Waals surface area (Å²) in [6.07, 6.45) is 4.39. The van der Waals surface area contributed by atoms with Crippen LogP contribution in [0.4, 0.5) is 0 Å². The zero-order valence-corrected chi connectivity index (χ0v) is 14.6. The number of hydrogen-bond donors (Lipinski definition) is 2. The minimum Gasteiger partial charge on any atom is -0.472 e. The molecule has 0 fully saturated rings. The summed E-state index contributed by atoms with van der Waals surface area (Å²) >= 11 is 0. The van der Waals surface area contributed by atoms with Crippen LogP contribution in [0.1, 0.15) is 38.2 Å². The molecular formula is C19H23N3O3. The largest absolute Gasteiger partial charge is 0.472 e. The van der Waals surface area contributed by atoms with Gasteiger partial charge in [0.05, 0.1) is 49.0 Å². The first-order chi connectivity index (χ1) is 12.0. The fourth-order valence-corrected chi connectivity index (χ4v) is 3.63. The van der Waals surface area contributed by atoms with E-state index in [2.05, 4.69) is 25.2 Å². The van der Waals surface area contributed by atoms with Gasteiger partial charge in [0.15, 0.2) is 5.78 Å². The minimum atomic E-state index is -0.403. The molecule has 0 radical (unpaired) electrons. The number of furan rings is 1. The molecule has 1 atom stereocenters. The Morgan fingerprint density at radius 3 is 2.92 bits per heavy atom. The number of Topliss-reactive ketones (excluding diaryl/α,β-unsaturated/α-hetero) is 1. The molecule has 6 heteroatoms. The minimum absolute atomic E-state index is 0.0830. The molecule has 0 saturated carbocycles. The van der Waals surface area contributed by atoms with E-state index < -0.39 is 5.92 Å². The number of ketones is 1. The van der Waals surface area contributed by atoms with Gasteiger partial charge in [-0.3, -0.25) is 4.79 Å². The van der Waals surface area contributed by atoms with Gasteiger partial charge in [0.1, 0.15) is 0 Å². The van der Waals surface area contributed by atoms with Gasteiger partial charge >= 0.3 is 0 Å². The molecule has 3 rings (SSSR count). The normalized spacial score (nSPS) is 22.5. The maximum absolute atomic E-state index is 12.9. The van der Waals surface area contributed by atoms with E-state index in [1.54, 1.807) is 12.5 Å². The molecule has 0 spiro atoms. The van der Waals surface area contributed by atoms with Crippen LogP contribution in [0.25, 0.3) is 0 Å². The topological polar surface area (TPSA) is 101 Å². The zero-order valence-electron chi connectivity index (χ0n) is 14.6. The second-order valence-electron chi connectivity index (χ2n) is 7.29. The summed E-state index contributed by atoms with van der Waals surface area (Å²) in [5.74, 6) is -0.320. The highest BCUT2D eigenvalue weighted by Gasteiger charge is 2.41. The van der Waals surface area contributed by atoms with Gasteiger partial charge < -0.3 is 20.2 Å². The number of nitriles is 1. The summed E-state index contributed by atoms with van der Waals surface area (Å²) in [5.41, 5.74) is 8.96. The van der Waals surface area contributed by atoms with Gasteiger partial charge in [-0.1, -0.05) is 13.8 Å². The SMILES string of the molecule is CC1(C)CC(=O)C2=C(C1)NC(COCCN)=C(C#N)C2c1ccoc1. The van der Waals surface area contributed by atoms with E-state index in [1.807, 2.05) is 6.07 Å². The molecule has 1 aliphatic heterocycles. The molecule has 1 unspecified atom stereocenters. The van der Waals surface area contributed by atoms with Crippen molar-refractivity contribution in [3.8, 4) is 6.07 Å². The Kier molecular flexibility index (Phi) is 4.80. The molecule has 132 valence electrons. The van der Waals surface area contributed by atoms with Crippen molar-refractivity contribution in [3.63, 3.8) is 0 Å². The smallest absolute Gasteiger partial charge is 0.162 e. The Labute approximate surface area is 147 Å². The highest BCUT2D eigenvalue weighted by Crippen LogP contribution is 2.46. The van der Waals surface area contributed by atoms with Crippen LogP contribution in [-0.4, -0.2) is 25.5 Å². The van der Waals surface area contributed by atoms with Gasteiger partial charge in [-0.15, -0.1) is 0 Å². The molecule has 1 aliphatic carbocycles. The predicted molar refractivity (Wildman–Crippen MR) is 92.1 cm³/mol. The van der Waals surface area contributed by atoms with Crippen molar-refractivity contribution in [2.45, 2.75) is 32.6 Å². The van der Waals surface area contributed by atoms with E-state index in [-0.39, 0.29) is 17.8 Å². The average molecular weight is 341 g/mol. The van der Waals surface area contributed by atoms with E-state index in [1.165, 1.54) is 0 Å². The maximum Gasteiger partial charge on any atom is 0.162 e. The molecular weight excluding hydrogens is 318 g/mol. The Hall–Kier alpha value is -2.36. The number of dihydropyridines is 1. The Bertz CT molecular complexity index is 766. The summed E-state index contributed by atoms with van der Waals surface area (Å²) in [6, 6.07) is 4.08. The Balaban J connectivity index is 2.06. The fourth-order valence-electron chi connectivity index (χ4n) is 3.63. The molecule has 0 saturated heterocycles. The van der Waals surface area contributed by atoms with Gasteiger partial charge in [0, 0.05) is 29.8 Å². The lowest BCUT2D eigenvalue weighted by atomic mass is 9.69. The zero-order chi connectivity index (χ0) is 18.0. The summed E-state index contributed by atoms with van der Waals surface area (Å²) in [6.45, 7) is 5.25. The van der Waals surface area contributed by atoms with Crippen LogP contribution < -0.4 is 11.1 Å². The van der Waals surface area contributed by atoms with Crippen molar-refractivity contribution in [1.29, 1.82) is 5.26 Å². The number of hydrogen-bond acceptors (Lipinski definition) is 6. The van der Waals surface area contributed by atoms with Gasteiger partial charge in [0.25, 0.3) is 0 Å². The number of nitrogens with two attached hydrogens (primary N) is 1. The molecule has 0 amide bonds. The lowest BCUT2D eigenvalue weighted by Crippen LogP contribution is -2.38. The number of carbonyl (C=O) groups excluding carboxylic acids is 1. The van der Waals surface area contributed by atoms with Gasteiger partial charge in [-0.25, -0.2) is 0 Å². The van der Waals surface area contributed by atoms with Crippen molar-refractivity contribution >= 4 is 5.78 Å². The monoisotopic (exact) mass is 341 g/mol. The number of rotatable bonds is 5. The fraction of sp³-hybridized carbons (Fsp3) is 0.474. The van der Waals surface area contributed by atoms with Gasteiger partial charge in [-0.2, -0.15) is 5.26 Å². The first-order valence-corrected chi connectivity index (χ1v) is 8.43. The lowest BCUT2D eigenvalue weighted by molar-refractivity contribution is -0.118. The highest BCUT2D eigenvalue weighted by atomic mass is 16.5. The van der Waals surface area contributed by atoms with E-state index in [9.17, 15) is 10.1 Å².